The molecule has 0 unspecified atom stereocenters. The first-order valence-corrected chi connectivity index (χ1v) is 6.26. The van der Waals surface area contributed by atoms with Crippen molar-refractivity contribution < 1.29 is 0 Å². The molecule has 4 heteroatoms. The Morgan fingerprint density at radius 3 is 2.83 bits per heavy atom. The summed E-state index contributed by atoms with van der Waals surface area (Å²) in [7, 11) is 2.00. The average molecular weight is 258 g/mol. The number of hydrogen-bond acceptors (Lipinski definition) is 2. The molecule has 0 saturated carbocycles. The molecule has 0 saturated heterocycles. The molecule has 2 heterocycles. The number of rotatable bonds is 2. The molecular formula is C14H12ClN3. The molecule has 0 amide bonds. The van der Waals surface area contributed by atoms with Crippen LogP contribution in [0.25, 0.3) is 22.6 Å². The summed E-state index contributed by atoms with van der Waals surface area (Å²) in [4.78, 5) is 8.95. The Labute approximate surface area is 110 Å². The highest BCUT2D eigenvalue weighted by atomic mass is 35.5. The lowest BCUT2D eigenvalue weighted by Gasteiger charge is -2.01. The van der Waals surface area contributed by atoms with Crippen molar-refractivity contribution in [1.82, 2.24) is 14.5 Å². The largest absolute Gasteiger partial charge is 0.326 e. The highest BCUT2D eigenvalue weighted by molar-refractivity contribution is 6.17. The van der Waals surface area contributed by atoms with Gasteiger partial charge in [-0.25, -0.2) is 4.98 Å². The van der Waals surface area contributed by atoms with Crippen LogP contribution in [0.4, 0.5) is 0 Å². The maximum atomic E-state index is 5.86. The van der Waals surface area contributed by atoms with Crippen LogP contribution in [-0.4, -0.2) is 14.5 Å². The van der Waals surface area contributed by atoms with Gasteiger partial charge >= 0.3 is 0 Å². The lowest BCUT2D eigenvalue weighted by molar-refractivity contribution is 0.949. The van der Waals surface area contributed by atoms with Gasteiger partial charge in [0.15, 0.2) is 5.82 Å². The van der Waals surface area contributed by atoms with Gasteiger partial charge in [-0.05, 0) is 29.8 Å². The first-order valence-electron chi connectivity index (χ1n) is 5.72. The van der Waals surface area contributed by atoms with Crippen molar-refractivity contribution in [3.05, 3.63) is 48.2 Å². The molecule has 0 aliphatic carbocycles. The predicted molar refractivity (Wildman–Crippen MR) is 73.5 cm³/mol. The Morgan fingerprint density at radius 2 is 2.11 bits per heavy atom. The van der Waals surface area contributed by atoms with Crippen LogP contribution in [0.1, 0.15) is 5.56 Å². The predicted octanol–water partition coefficient (Wildman–Crippen LogP) is 3.37. The fourth-order valence-corrected chi connectivity index (χ4v) is 2.21. The number of aromatic nitrogens is 3. The summed E-state index contributed by atoms with van der Waals surface area (Å²) < 4.78 is 2.05. The van der Waals surface area contributed by atoms with Gasteiger partial charge in [0.2, 0.25) is 0 Å². The molecule has 18 heavy (non-hydrogen) atoms. The molecule has 0 aliphatic heterocycles. The van der Waals surface area contributed by atoms with Gasteiger partial charge in [-0.1, -0.05) is 12.1 Å². The summed E-state index contributed by atoms with van der Waals surface area (Å²) in [6.07, 6.45) is 1.78. The number of imidazole rings is 1. The minimum atomic E-state index is 0.514. The maximum Gasteiger partial charge on any atom is 0.159 e. The number of pyridine rings is 1. The van der Waals surface area contributed by atoms with Gasteiger partial charge in [0.05, 0.1) is 11.0 Å². The molecule has 0 fully saturated rings. The number of nitrogens with zero attached hydrogens (tertiary/aromatic N) is 3. The topological polar surface area (TPSA) is 30.7 Å². The Bertz CT molecular complexity index is 689. The molecule has 2 aromatic heterocycles. The number of aryl methyl sites for hydroxylation is 1. The van der Waals surface area contributed by atoms with Crippen LogP contribution < -0.4 is 0 Å². The second kappa shape index (κ2) is 4.42. The van der Waals surface area contributed by atoms with E-state index in [1.54, 1.807) is 6.20 Å². The second-order valence-electron chi connectivity index (χ2n) is 4.17. The maximum absolute atomic E-state index is 5.86. The van der Waals surface area contributed by atoms with E-state index in [1.807, 2.05) is 41.9 Å². The van der Waals surface area contributed by atoms with Gasteiger partial charge < -0.3 is 4.57 Å². The van der Waals surface area contributed by atoms with E-state index in [1.165, 1.54) is 0 Å². The second-order valence-corrected chi connectivity index (χ2v) is 4.43. The minimum absolute atomic E-state index is 0.514. The molecule has 0 atom stereocenters. The van der Waals surface area contributed by atoms with E-state index < -0.39 is 0 Å². The molecule has 1 aromatic carbocycles. The smallest absolute Gasteiger partial charge is 0.159 e. The Balaban J connectivity index is 2.23. The van der Waals surface area contributed by atoms with E-state index >= 15 is 0 Å². The third-order valence-electron chi connectivity index (χ3n) is 2.99. The third kappa shape index (κ3) is 1.77. The molecule has 3 aromatic rings. The number of fused-ring (bicyclic) bond motifs is 1. The quantitative estimate of drug-likeness (QED) is 0.659. The van der Waals surface area contributed by atoms with Crippen molar-refractivity contribution in [2.75, 3.05) is 0 Å². The van der Waals surface area contributed by atoms with E-state index in [0.717, 1.165) is 28.1 Å². The zero-order valence-electron chi connectivity index (χ0n) is 9.97. The van der Waals surface area contributed by atoms with E-state index in [2.05, 4.69) is 16.0 Å². The first-order chi connectivity index (χ1) is 8.79. The van der Waals surface area contributed by atoms with Crippen molar-refractivity contribution in [3.63, 3.8) is 0 Å². The number of alkyl halides is 1. The monoisotopic (exact) mass is 257 g/mol. The fourth-order valence-electron chi connectivity index (χ4n) is 2.04. The van der Waals surface area contributed by atoms with Crippen LogP contribution in [-0.2, 0) is 12.9 Å². The summed E-state index contributed by atoms with van der Waals surface area (Å²) in [5.41, 5.74) is 4.02. The standard InChI is InChI=1S/C14H12ClN3/c1-18-13-8-10(9-15)5-6-11(13)17-14(18)12-4-2-3-7-16-12/h2-8H,9H2,1H3. The Hall–Kier alpha value is -1.87. The summed E-state index contributed by atoms with van der Waals surface area (Å²) in [5, 5.41) is 0. The average Bonchev–Trinajstić information content (AvgIpc) is 2.77. The van der Waals surface area contributed by atoms with Crippen molar-refractivity contribution in [2.45, 2.75) is 5.88 Å². The zero-order valence-corrected chi connectivity index (χ0v) is 10.7. The lowest BCUT2D eigenvalue weighted by Crippen LogP contribution is -1.94. The van der Waals surface area contributed by atoms with Gasteiger partial charge in [-0.15, -0.1) is 11.6 Å². The lowest BCUT2D eigenvalue weighted by atomic mass is 10.2. The Kier molecular flexibility index (Phi) is 2.76. The Morgan fingerprint density at radius 1 is 1.22 bits per heavy atom. The van der Waals surface area contributed by atoms with Crippen molar-refractivity contribution in [1.29, 1.82) is 0 Å². The summed E-state index contributed by atoms with van der Waals surface area (Å²) in [6, 6.07) is 11.9. The van der Waals surface area contributed by atoms with Crippen LogP contribution in [0.3, 0.4) is 0 Å². The molecule has 3 rings (SSSR count). The molecule has 0 bridgehead atoms. The molecule has 0 N–H and O–H groups in total. The highest BCUT2D eigenvalue weighted by Crippen LogP contribution is 2.23. The molecule has 90 valence electrons. The number of halogens is 1. The van der Waals surface area contributed by atoms with E-state index in [9.17, 15) is 0 Å². The summed E-state index contributed by atoms with van der Waals surface area (Å²) in [5.74, 6) is 1.39. The molecule has 0 aliphatic rings. The van der Waals surface area contributed by atoms with E-state index in [0.29, 0.717) is 5.88 Å². The SMILES string of the molecule is Cn1c(-c2ccccn2)nc2ccc(CCl)cc21. The summed E-state index contributed by atoms with van der Waals surface area (Å²) in [6.45, 7) is 0. The fraction of sp³-hybridized carbons (Fsp3) is 0.143. The van der Waals surface area contributed by atoms with Crippen molar-refractivity contribution >= 4 is 22.6 Å². The van der Waals surface area contributed by atoms with Crippen molar-refractivity contribution in [2.24, 2.45) is 7.05 Å². The number of benzene rings is 1. The summed E-state index contributed by atoms with van der Waals surface area (Å²) >= 11 is 5.86. The van der Waals surface area contributed by atoms with Crippen LogP contribution in [0, 0.1) is 0 Å². The molecular weight excluding hydrogens is 246 g/mol. The van der Waals surface area contributed by atoms with Gasteiger partial charge in [0.25, 0.3) is 0 Å². The van der Waals surface area contributed by atoms with E-state index in [4.69, 9.17) is 11.6 Å². The zero-order chi connectivity index (χ0) is 12.5. The van der Waals surface area contributed by atoms with Crippen LogP contribution in [0.5, 0.6) is 0 Å². The van der Waals surface area contributed by atoms with Crippen LogP contribution in [0.15, 0.2) is 42.6 Å². The van der Waals surface area contributed by atoms with E-state index in [-0.39, 0.29) is 0 Å². The molecule has 0 spiro atoms. The van der Waals surface area contributed by atoms with Gasteiger partial charge in [0.1, 0.15) is 5.69 Å². The number of hydrogen-bond donors (Lipinski definition) is 0. The normalized spacial score (nSPS) is 11.0. The minimum Gasteiger partial charge on any atom is -0.326 e. The first kappa shape index (κ1) is 11.2. The van der Waals surface area contributed by atoms with Crippen molar-refractivity contribution in [3.8, 4) is 11.5 Å². The van der Waals surface area contributed by atoms with Crippen LogP contribution in [0.2, 0.25) is 0 Å². The van der Waals surface area contributed by atoms with Crippen LogP contribution >= 0.6 is 11.6 Å². The highest BCUT2D eigenvalue weighted by Gasteiger charge is 2.10. The molecule has 3 nitrogen and oxygen atoms in total. The van der Waals surface area contributed by atoms with Gasteiger partial charge in [-0.3, -0.25) is 4.98 Å². The van der Waals surface area contributed by atoms with Gasteiger partial charge in [0, 0.05) is 19.1 Å². The third-order valence-corrected chi connectivity index (χ3v) is 3.30. The van der Waals surface area contributed by atoms with Gasteiger partial charge in [-0.2, -0.15) is 0 Å². The molecule has 0 radical (unpaired) electrons.